The summed E-state index contributed by atoms with van der Waals surface area (Å²) < 4.78 is 5.32. The minimum absolute atomic E-state index is 0.421. The van der Waals surface area contributed by atoms with Gasteiger partial charge < -0.3 is 9.64 Å². The molecule has 0 aromatic heterocycles. The predicted octanol–water partition coefficient (Wildman–Crippen LogP) is 1.75. The highest BCUT2D eigenvalue weighted by atomic mass is 16.5. The number of rotatable bonds is 6. The molecular weight excluding hydrogens is 138 g/mol. The smallest absolute Gasteiger partial charge is 0.0698 e. The number of hydrogen-bond acceptors (Lipinski definition) is 2. The first kappa shape index (κ1) is 10.9. The van der Waals surface area contributed by atoms with Crippen molar-refractivity contribution in [2.24, 2.45) is 0 Å². The standard InChI is InChI=1S/C9H21NO/c1-5-7-9(11-4)8-10(3)6-2/h9H,5-8H2,1-4H3. The van der Waals surface area contributed by atoms with E-state index in [4.69, 9.17) is 4.74 Å². The molecule has 1 unspecified atom stereocenters. The number of methoxy groups -OCH3 is 1. The second kappa shape index (κ2) is 6.62. The van der Waals surface area contributed by atoms with Gasteiger partial charge in [-0.15, -0.1) is 0 Å². The van der Waals surface area contributed by atoms with Crippen LogP contribution in [0.25, 0.3) is 0 Å². The maximum Gasteiger partial charge on any atom is 0.0698 e. The van der Waals surface area contributed by atoms with Crippen LogP contribution in [-0.2, 0) is 4.74 Å². The first-order valence-electron chi connectivity index (χ1n) is 4.45. The maximum absolute atomic E-state index is 5.32. The van der Waals surface area contributed by atoms with Gasteiger partial charge in [0.1, 0.15) is 0 Å². The Morgan fingerprint density at radius 1 is 1.36 bits per heavy atom. The number of hydrogen-bond donors (Lipinski definition) is 0. The van der Waals surface area contributed by atoms with Crippen LogP contribution in [0.5, 0.6) is 0 Å². The normalized spacial score (nSPS) is 13.9. The lowest BCUT2D eigenvalue weighted by atomic mass is 10.2. The van der Waals surface area contributed by atoms with Gasteiger partial charge in [0, 0.05) is 13.7 Å². The molecule has 0 aromatic rings. The molecule has 0 bridgehead atoms. The molecule has 0 heterocycles. The van der Waals surface area contributed by atoms with Crippen molar-refractivity contribution in [1.82, 2.24) is 4.90 Å². The topological polar surface area (TPSA) is 12.5 Å². The number of nitrogens with zero attached hydrogens (tertiary/aromatic N) is 1. The van der Waals surface area contributed by atoms with Gasteiger partial charge in [-0.3, -0.25) is 0 Å². The molecule has 1 atom stereocenters. The van der Waals surface area contributed by atoms with E-state index in [1.165, 1.54) is 12.8 Å². The van der Waals surface area contributed by atoms with Gasteiger partial charge >= 0.3 is 0 Å². The van der Waals surface area contributed by atoms with Crippen molar-refractivity contribution in [3.05, 3.63) is 0 Å². The van der Waals surface area contributed by atoms with Gasteiger partial charge in [0.2, 0.25) is 0 Å². The summed E-state index contributed by atoms with van der Waals surface area (Å²) in [6.45, 7) is 6.51. The Morgan fingerprint density at radius 2 is 2.00 bits per heavy atom. The summed E-state index contributed by atoms with van der Waals surface area (Å²) in [5.41, 5.74) is 0. The zero-order chi connectivity index (χ0) is 8.69. The molecule has 2 nitrogen and oxygen atoms in total. The summed E-state index contributed by atoms with van der Waals surface area (Å²) in [5, 5.41) is 0. The Labute approximate surface area is 70.5 Å². The van der Waals surface area contributed by atoms with Crippen molar-refractivity contribution in [3.63, 3.8) is 0 Å². The fraction of sp³-hybridized carbons (Fsp3) is 1.00. The molecule has 68 valence electrons. The minimum atomic E-state index is 0.421. The van der Waals surface area contributed by atoms with Crippen LogP contribution in [0.3, 0.4) is 0 Å². The third kappa shape index (κ3) is 5.22. The lowest BCUT2D eigenvalue weighted by Gasteiger charge is -2.21. The first-order chi connectivity index (χ1) is 5.24. The van der Waals surface area contributed by atoms with Crippen LogP contribution < -0.4 is 0 Å². The molecule has 0 aromatic carbocycles. The second-order valence-corrected chi connectivity index (χ2v) is 3.00. The largest absolute Gasteiger partial charge is 0.380 e. The quantitative estimate of drug-likeness (QED) is 0.585. The van der Waals surface area contributed by atoms with E-state index >= 15 is 0 Å². The molecular formula is C9H21NO. The summed E-state index contributed by atoms with van der Waals surface area (Å²) in [4.78, 5) is 2.28. The van der Waals surface area contributed by atoms with Crippen molar-refractivity contribution in [2.75, 3.05) is 27.2 Å². The van der Waals surface area contributed by atoms with E-state index in [2.05, 4.69) is 25.8 Å². The van der Waals surface area contributed by atoms with Gasteiger partial charge in [-0.2, -0.15) is 0 Å². The highest BCUT2D eigenvalue weighted by Crippen LogP contribution is 2.01. The molecule has 0 N–H and O–H groups in total. The van der Waals surface area contributed by atoms with Gasteiger partial charge in [0.25, 0.3) is 0 Å². The molecule has 0 amide bonds. The molecule has 0 saturated heterocycles. The number of likely N-dealkylation sites (N-methyl/N-ethyl adjacent to an activating group) is 1. The molecule has 0 radical (unpaired) electrons. The zero-order valence-corrected chi connectivity index (χ0v) is 8.26. The maximum atomic E-state index is 5.32. The second-order valence-electron chi connectivity index (χ2n) is 3.00. The van der Waals surface area contributed by atoms with Crippen LogP contribution in [0.1, 0.15) is 26.7 Å². The predicted molar refractivity (Wildman–Crippen MR) is 48.9 cm³/mol. The summed E-state index contributed by atoms with van der Waals surface area (Å²) in [6.07, 6.45) is 2.79. The Bertz CT molecular complexity index is 85.6. The van der Waals surface area contributed by atoms with E-state index in [0.29, 0.717) is 6.10 Å². The van der Waals surface area contributed by atoms with Crippen molar-refractivity contribution in [2.45, 2.75) is 32.8 Å². The highest BCUT2D eigenvalue weighted by Gasteiger charge is 2.07. The van der Waals surface area contributed by atoms with E-state index in [0.717, 1.165) is 13.1 Å². The van der Waals surface area contributed by atoms with Gasteiger partial charge in [0.15, 0.2) is 0 Å². The first-order valence-corrected chi connectivity index (χ1v) is 4.45. The SMILES string of the molecule is CCCC(CN(C)CC)OC. The lowest BCUT2D eigenvalue weighted by Crippen LogP contribution is -2.30. The molecule has 0 saturated carbocycles. The van der Waals surface area contributed by atoms with E-state index in [-0.39, 0.29) is 0 Å². The van der Waals surface area contributed by atoms with Gasteiger partial charge in [-0.1, -0.05) is 20.3 Å². The van der Waals surface area contributed by atoms with Crippen LogP contribution >= 0.6 is 0 Å². The summed E-state index contributed by atoms with van der Waals surface area (Å²) in [7, 11) is 3.92. The van der Waals surface area contributed by atoms with Gasteiger partial charge in [-0.05, 0) is 20.0 Å². The van der Waals surface area contributed by atoms with E-state index in [1.54, 1.807) is 7.11 Å². The average Bonchev–Trinajstić information content (AvgIpc) is 2.03. The summed E-state index contributed by atoms with van der Waals surface area (Å²) in [5.74, 6) is 0. The highest BCUT2D eigenvalue weighted by molar-refractivity contribution is 4.60. The fourth-order valence-electron chi connectivity index (χ4n) is 1.08. The van der Waals surface area contributed by atoms with E-state index in [1.807, 2.05) is 0 Å². The third-order valence-electron chi connectivity index (χ3n) is 2.00. The van der Waals surface area contributed by atoms with Crippen molar-refractivity contribution in [1.29, 1.82) is 0 Å². The molecule has 0 rings (SSSR count). The summed E-state index contributed by atoms with van der Waals surface area (Å²) in [6, 6.07) is 0. The molecule has 0 aliphatic carbocycles. The van der Waals surface area contributed by atoms with E-state index < -0.39 is 0 Å². The van der Waals surface area contributed by atoms with Crippen molar-refractivity contribution >= 4 is 0 Å². The molecule has 0 spiro atoms. The minimum Gasteiger partial charge on any atom is -0.380 e. The summed E-state index contributed by atoms with van der Waals surface area (Å²) >= 11 is 0. The lowest BCUT2D eigenvalue weighted by molar-refractivity contribution is 0.0664. The zero-order valence-electron chi connectivity index (χ0n) is 8.26. The molecule has 11 heavy (non-hydrogen) atoms. The Hall–Kier alpha value is -0.0800. The monoisotopic (exact) mass is 159 g/mol. The third-order valence-corrected chi connectivity index (χ3v) is 2.00. The van der Waals surface area contributed by atoms with Crippen molar-refractivity contribution in [3.8, 4) is 0 Å². The van der Waals surface area contributed by atoms with E-state index in [9.17, 15) is 0 Å². The Balaban J connectivity index is 3.49. The van der Waals surface area contributed by atoms with Gasteiger partial charge in [0.05, 0.1) is 6.10 Å². The molecule has 2 heteroatoms. The van der Waals surface area contributed by atoms with Crippen LogP contribution in [0.2, 0.25) is 0 Å². The molecule has 0 aliphatic rings. The van der Waals surface area contributed by atoms with Crippen LogP contribution in [0.15, 0.2) is 0 Å². The molecule has 0 fully saturated rings. The van der Waals surface area contributed by atoms with Crippen LogP contribution in [0.4, 0.5) is 0 Å². The Morgan fingerprint density at radius 3 is 2.36 bits per heavy atom. The molecule has 0 aliphatic heterocycles. The van der Waals surface area contributed by atoms with Crippen LogP contribution in [-0.4, -0.2) is 38.3 Å². The average molecular weight is 159 g/mol. The number of ether oxygens (including phenoxy) is 1. The Kier molecular flexibility index (Phi) is 6.57. The van der Waals surface area contributed by atoms with Crippen molar-refractivity contribution < 1.29 is 4.74 Å². The van der Waals surface area contributed by atoms with Crippen LogP contribution in [0, 0.1) is 0 Å². The van der Waals surface area contributed by atoms with Gasteiger partial charge in [-0.25, -0.2) is 0 Å². The fourth-order valence-corrected chi connectivity index (χ4v) is 1.08.